The minimum absolute atomic E-state index is 0.00504. The maximum Gasteiger partial charge on any atom is 0.270 e. The van der Waals surface area contributed by atoms with Crippen molar-refractivity contribution in [1.82, 2.24) is 29.2 Å². The zero-order valence-electron chi connectivity index (χ0n) is 23.1. The van der Waals surface area contributed by atoms with E-state index in [9.17, 15) is 13.2 Å². The number of aromatic amines is 2. The van der Waals surface area contributed by atoms with Crippen LogP contribution in [0.3, 0.4) is 0 Å². The smallest absolute Gasteiger partial charge is 0.270 e. The number of para-hydroxylation sites is 2. The van der Waals surface area contributed by atoms with Gasteiger partial charge in [0.25, 0.3) is 10.0 Å². The minimum atomic E-state index is -3.78. The molecule has 0 spiro atoms. The Bertz CT molecular complexity index is 1880. The second-order valence-electron chi connectivity index (χ2n) is 10.6. The lowest BCUT2D eigenvalue weighted by Gasteiger charge is -2.31. The van der Waals surface area contributed by atoms with Crippen molar-refractivity contribution in [2.24, 2.45) is 11.7 Å². The molecule has 0 saturated carbocycles. The van der Waals surface area contributed by atoms with E-state index in [4.69, 9.17) is 21.1 Å². The highest BCUT2D eigenvalue weighted by atomic mass is 32.2. The molecule has 2 aromatic carbocycles. The average Bonchev–Trinajstić information content (AvgIpc) is 3.68. The normalized spacial score (nSPS) is 15.8. The predicted molar refractivity (Wildman–Crippen MR) is 162 cm³/mol. The number of benzene rings is 2. The summed E-state index contributed by atoms with van der Waals surface area (Å²) >= 11 is 1.07. The molecule has 0 radical (unpaired) electrons. The van der Waals surface area contributed by atoms with Crippen molar-refractivity contribution >= 4 is 61.0 Å². The number of thiazole rings is 1. The van der Waals surface area contributed by atoms with Gasteiger partial charge in [0.1, 0.15) is 23.3 Å². The molecule has 1 atom stereocenters. The van der Waals surface area contributed by atoms with Crippen LogP contribution in [0.5, 0.6) is 0 Å². The molecule has 1 amide bonds. The number of fused-ring (bicyclic) bond motifs is 2. The number of carbonyl (C=O) groups is 1. The van der Waals surface area contributed by atoms with E-state index in [1.807, 2.05) is 36.4 Å². The van der Waals surface area contributed by atoms with E-state index in [1.54, 1.807) is 13.0 Å². The van der Waals surface area contributed by atoms with E-state index >= 15 is 0 Å². The van der Waals surface area contributed by atoms with Crippen LogP contribution >= 0.6 is 11.3 Å². The monoisotopic (exact) mass is 605 g/mol. The number of nitrogens with two attached hydrogens (primary N) is 1. The summed E-state index contributed by atoms with van der Waals surface area (Å²) in [5, 5.41) is 10.4. The number of carbonyl (C=O) groups excluding carboxylic acids is 1. The van der Waals surface area contributed by atoms with Gasteiger partial charge in [-0.3, -0.25) is 10.2 Å². The number of imidazole rings is 2. The fourth-order valence-electron chi connectivity index (χ4n) is 5.45. The van der Waals surface area contributed by atoms with E-state index < -0.39 is 10.0 Å². The molecule has 1 saturated heterocycles. The number of anilines is 1. The van der Waals surface area contributed by atoms with Crippen LogP contribution in [0.15, 0.2) is 46.8 Å². The molecule has 3 aromatic heterocycles. The van der Waals surface area contributed by atoms with Crippen LogP contribution in [0.2, 0.25) is 0 Å². The molecule has 12 nitrogen and oxygen atoms in total. The molecule has 14 heteroatoms. The second-order valence-corrected chi connectivity index (χ2v) is 13.9. The first kappa shape index (κ1) is 28.0. The van der Waals surface area contributed by atoms with E-state index in [1.165, 1.54) is 11.2 Å². The Kier molecular flexibility index (Phi) is 7.29. The van der Waals surface area contributed by atoms with Crippen LogP contribution in [0.4, 0.5) is 5.82 Å². The van der Waals surface area contributed by atoms with Gasteiger partial charge in [-0.2, -0.15) is 4.31 Å². The number of rotatable bonds is 8. The molecule has 4 heterocycles. The molecule has 0 bridgehead atoms. The highest BCUT2D eigenvalue weighted by molar-refractivity contribution is 7.91. The molecule has 0 aliphatic carbocycles. The number of hydrogen-bond acceptors (Lipinski definition) is 8. The fourth-order valence-corrected chi connectivity index (χ4v) is 8.27. The number of H-pyrrole nitrogens is 2. The van der Waals surface area contributed by atoms with Crippen molar-refractivity contribution in [2.75, 3.05) is 18.4 Å². The van der Waals surface area contributed by atoms with Gasteiger partial charge in [0.05, 0.1) is 28.0 Å². The van der Waals surface area contributed by atoms with Gasteiger partial charge in [-0.25, -0.2) is 23.4 Å². The number of hydrogen-bond donors (Lipinski definition) is 5. The van der Waals surface area contributed by atoms with Crippen molar-refractivity contribution in [1.29, 1.82) is 5.41 Å². The largest absolute Gasteiger partial charge is 0.384 e. The maximum atomic E-state index is 13.4. The second kappa shape index (κ2) is 10.9. The molecule has 6 N–H and O–H groups in total. The molecular formula is C28H31N9O3S2. The van der Waals surface area contributed by atoms with Gasteiger partial charge in [0, 0.05) is 30.5 Å². The van der Waals surface area contributed by atoms with Crippen LogP contribution in [0.25, 0.3) is 22.1 Å². The number of aryl methyl sites for hydroxylation is 1. The number of piperidine rings is 1. The summed E-state index contributed by atoms with van der Waals surface area (Å²) in [4.78, 5) is 33.0. The number of amides is 1. The van der Waals surface area contributed by atoms with E-state index in [2.05, 4.69) is 20.3 Å². The summed E-state index contributed by atoms with van der Waals surface area (Å²) in [5.74, 6) is 1.57. The van der Waals surface area contributed by atoms with Crippen molar-refractivity contribution in [3.8, 4) is 0 Å². The fraction of sp³-hybridized carbons (Fsp3) is 0.321. The third-order valence-corrected chi connectivity index (χ3v) is 10.9. The lowest BCUT2D eigenvalue weighted by Crippen LogP contribution is -2.38. The third kappa shape index (κ3) is 5.40. The summed E-state index contributed by atoms with van der Waals surface area (Å²) < 4.78 is 28.3. The summed E-state index contributed by atoms with van der Waals surface area (Å²) in [5.41, 5.74) is 9.68. The first-order chi connectivity index (χ1) is 20.1. The SMILES string of the molecule is CC(=O)Nc1nc(S(=O)(=O)N2CCC(CC(c3nc4ccccc4[nH]3)c3nc4ccc(C(=N)N)cc4[nH]3)CC2)sc1C. The summed E-state index contributed by atoms with van der Waals surface area (Å²) in [7, 11) is -3.78. The lowest BCUT2D eigenvalue weighted by atomic mass is 9.87. The Balaban J connectivity index is 1.24. The van der Waals surface area contributed by atoms with Gasteiger partial charge in [-0.1, -0.05) is 12.1 Å². The highest BCUT2D eigenvalue weighted by Gasteiger charge is 2.34. The Morgan fingerprint density at radius 1 is 1.10 bits per heavy atom. The van der Waals surface area contributed by atoms with Gasteiger partial charge in [-0.05, 0) is 62.4 Å². The van der Waals surface area contributed by atoms with Gasteiger partial charge in [0.15, 0.2) is 0 Å². The predicted octanol–water partition coefficient (Wildman–Crippen LogP) is 4.07. The van der Waals surface area contributed by atoms with Gasteiger partial charge in [-0.15, -0.1) is 11.3 Å². The van der Waals surface area contributed by atoms with Crippen molar-refractivity contribution in [2.45, 2.75) is 43.4 Å². The van der Waals surface area contributed by atoms with Gasteiger partial charge >= 0.3 is 0 Å². The summed E-state index contributed by atoms with van der Waals surface area (Å²) in [6.07, 6.45) is 2.07. The number of sulfonamides is 1. The third-order valence-electron chi connectivity index (χ3n) is 7.65. The van der Waals surface area contributed by atoms with Crippen molar-refractivity contribution < 1.29 is 13.2 Å². The Hall–Kier alpha value is -4.14. The number of nitrogen functional groups attached to an aromatic ring is 1. The van der Waals surface area contributed by atoms with Crippen LogP contribution in [0, 0.1) is 18.3 Å². The molecule has 42 heavy (non-hydrogen) atoms. The van der Waals surface area contributed by atoms with Gasteiger partial charge in [0.2, 0.25) is 10.2 Å². The molecule has 1 aliphatic rings. The molecule has 218 valence electrons. The van der Waals surface area contributed by atoms with E-state index in [0.717, 1.165) is 51.5 Å². The Labute approximate surface area is 246 Å². The van der Waals surface area contributed by atoms with Crippen molar-refractivity contribution in [3.63, 3.8) is 0 Å². The van der Waals surface area contributed by atoms with Crippen LogP contribution in [0.1, 0.15) is 54.2 Å². The molecule has 5 aromatic rings. The first-order valence-corrected chi connectivity index (χ1v) is 15.9. The van der Waals surface area contributed by atoms with Crippen molar-refractivity contribution in [3.05, 3.63) is 64.6 Å². The highest BCUT2D eigenvalue weighted by Crippen LogP contribution is 2.36. The zero-order chi connectivity index (χ0) is 29.6. The molecule has 6 rings (SSSR count). The maximum absolute atomic E-state index is 13.4. The Morgan fingerprint density at radius 2 is 1.76 bits per heavy atom. The lowest BCUT2D eigenvalue weighted by molar-refractivity contribution is -0.114. The quantitative estimate of drug-likeness (QED) is 0.130. The van der Waals surface area contributed by atoms with E-state index in [0.29, 0.717) is 36.4 Å². The number of aromatic nitrogens is 5. The molecule has 1 aliphatic heterocycles. The summed E-state index contributed by atoms with van der Waals surface area (Å²) in [6.45, 7) is 3.85. The first-order valence-electron chi connectivity index (χ1n) is 13.6. The standard InChI is InChI=1S/C28H31N9O3S2/c1-15-25(31-16(2)38)36-28(41-15)42(39,40)37-11-9-17(10-12-37)13-19(26-32-20-5-3-4-6-21(20)33-26)27-34-22-8-7-18(24(29)30)14-23(22)35-27/h3-8,14,17,19H,9-13H2,1-2H3,(H3,29,30)(H,31,38)(H,32,33)(H,34,35). The number of amidine groups is 1. The molecule has 1 fully saturated rings. The number of nitrogens with one attached hydrogen (secondary N) is 4. The molecule has 1 unspecified atom stereocenters. The summed E-state index contributed by atoms with van der Waals surface area (Å²) in [6, 6.07) is 13.3. The van der Waals surface area contributed by atoms with Crippen LogP contribution in [-0.4, -0.2) is 62.5 Å². The average molecular weight is 606 g/mol. The number of nitrogens with zero attached hydrogens (tertiary/aromatic N) is 4. The van der Waals surface area contributed by atoms with E-state index in [-0.39, 0.29) is 33.7 Å². The minimum Gasteiger partial charge on any atom is -0.384 e. The molecular weight excluding hydrogens is 575 g/mol. The Morgan fingerprint density at radius 3 is 2.43 bits per heavy atom. The van der Waals surface area contributed by atoms with Crippen LogP contribution in [-0.2, 0) is 14.8 Å². The zero-order valence-corrected chi connectivity index (χ0v) is 24.8. The van der Waals surface area contributed by atoms with Crippen LogP contribution < -0.4 is 11.1 Å². The van der Waals surface area contributed by atoms with Gasteiger partial charge < -0.3 is 21.0 Å². The topological polar surface area (TPSA) is 187 Å².